The van der Waals surface area contributed by atoms with E-state index in [9.17, 15) is 4.79 Å². The van der Waals surface area contributed by atoms with Crippen LogP contribution < -0.4 is 0 Å². The number of nitrogens with zero attached hydrogens (tertiary/aromatic N) is 2. The zero-order valence-corrected chi connectivity index (χ0v) is 15.3. The molecular formula is C20H30N2O2. The van der Waals surface area contributed by atoms with E-state index >= 15 is 0 Å². The Balaban J connectivity index is 2.19. The molecule has 0 unspecified atom stereocenters. The van der Waals surface area contributed by atoms with Crippen LogP contribution in [0.4, 0.5) is 0 Å². The van der Waals surface area contributed by atoms with Gasteiger partial charge in [-0.3, -0.25) is 4.79 Å². The summed E-state index contributed by atoms with van der Waals surface area (Å²) in [4.78, 5) is 12.3. The maximum atomic E-state index is 12.3. The molecule has 4 nitrogen and oxygen atoms in total. The lowest BCUT2D eigenvalue weighted by Gasteiger charge is -2.31. The Morgan fingerprint density at radius 1 is 1.08 bits per heavy atom. The minimum absolute atomic E-state index is 0.0267. The predicted molar refractivity (Wildman–Crippen MR) is 98.0 cm³/mol. The van der Waals surface area contributed by atoms with Crippen molar-refractivity contribution in [3.63, 3.8) is 0 Å². The van der Waals surface area contributed by atoms with Gasteiger partial charge in [0.25, 0.3) is 5.91 Å². The summed E-state index contributed by atoms with van der Waals surface area (Å²) in [6.07, 6.45) is 7.53. The summed E-state index contributed by atoms with van der Waals surface area (Å²) in [5.74, 6) is 0.538. The number of hydrazone groups is 1. The highest BCUT2D eigenvalue weighted by molar-refractivity contribution is 5.98. The number of benzene rings is 1. The quantitative estimate of drug-likeness (QED) is 0.668. The van der Waals surface area contributed by atoms with Gasteiger partial charge >= 0.3 is 0 Å². The number of rotatable bonds is 9. The summed E-state index contributed by atoms with van der Waals surface area (Å²) in [5, 5.41) is 6.27. The molecule has 0 aliphatic carbocycles. The highest BCUT2D eigenvalue weighted by atomic mass is 16.5. The molecule has 0 atom stereocenters. The van der Waals surface area contributed by atoms with E-state index in [1.807, 2.05) is 12.1 Å². The highest BCUT2D eigenvalue weighted by Crippen LogP contribution is 2.20. The zero-order valence-electron chi connectivity index (χ0n) is 15.3. The van der Waals surface area contributed by atoms with E-state index in [0.717, 1.165) is 50.5 Å². The molecule has 24 heavy (non-hydrogen) atoms. The molecule has 1 aliphatic rings. The summed E-state index contributed by atoms with van der Waals surface area (Å²) < 4.78 is 5.60. The molecule has 1 aromatic rings. The minimum Gasteiger partial charge on any atom is -0.466 e. The van der Waals surface area contributed by atoms with Crippen LogP contribution in [0.5, 0.6) is 0 Å². The van der Waals surface area contributed by atoms with Crippen molar-refractivity contribution in [2.24, 2.45) is 5.10 Å². The first-order valence-electron chi connectivity index (χ1n) is 9.32. The molecule has 1 amide bonds. The normalized spacial score (nSPS) is 14.8. The van der Waals surface area contributed by atoms with Gasteiger partial charge in [0.05, 0.1) is 6.04 Å². The van der Waals surface area contributed by atoms with Gasteiger partial charge in [0.15, 0.2) is 6.61 Å². The third kappa shape index (κ3) is 4.83. The first kappa shape index (κ1) is 18.5. The lowest BCUT2D eigenvalue weighted by Crippen LogP contribution is -2.43. The number of ether oxygens (including phenoxy) is 1. The maximum absolute atomic E-state index is 12.3. The third-order valence-electron chi connectivity index (χ3n) is 4.52. The van der Waals surface area contributed by atoms with Crippen LogP contribution in [0.25, 0.3) is 0 Å². The molecule has 0 N–H and O–H groups in total. The molecule has 0 radical (unpaired) electrons. The van der Waals surface area contributed by atoms with Crippen molar-refractivity contribution < 1.29 is 9.53 Å². The Morgan fingerprint density at radius 3 is 2.25 bits per heavy atom. The Kier molecular flexibility index (Phi) is 7.29. The van der Waals surface area contributed by atoms with E-state index in [-0.39, 0.29) is 18.6 Å². The van der Waals surface area contributed by atoms with Crippen molar-refractivity contribution in [1.29, 1.82) is 0 Å². The summed E-state index contributed by atoms with van der Waals surface area (Å²) in [6.45, 7) is 6.59. The smallest absolute Gasteiger partial charge is 0.280 e. The molecule has 0 saturated carbocycles. The molecule has 0 spiro atoms. The van der Waals surface area contributed by atoms with Crippen LogP contribution in [0.2, 0.25) is 0 Å². The van der Waals surface area contributed by atoms with Crippen LogP contribution in [0.1, 0.15) is 70.4 Å². The number of amides is 1. The van der Waals surface area contributed by atoms with Crippen molar-refractivity contribution in [3.8, 4) is 0 Å². The molecule has 2 rings (SSSR count). The SMILES string of the molecule is CCCCC(CCCC)N1N=C(c2ccc(CC)cc2)OCC1=O. The number of carbonyl (C=O) groups is 1. The van der Waals surface area contributed by atoms with Crippen molar-refractivity contribution in [1.82, 2.24) is 5.01 Å². The first-order valence-corrected chi connectivity index (χ1v) is 9.32. The van der Waals surface area contributed by atoms with E-state index in [1.165, 1.54) is 5.56 Å². The van der Waals surface area contributed by atoms with E-state index in [2.05, 4.69) is 38.0 Å². The fourth-order valence-corrected chi connectivity index (χ4v) is 2.96. The predicted octanol–water partition coefficient (Wildman–Crippen LogP) is 4.52. The van der Waals surface area contributed by atoms with Crippen LogP contribution in [-0.2, 0) is 16.0 Å². The number of aryl methyl sites for hydroxylation is 1. The van der Waals surface area contributed by atoms with Gasteiger partial charge in [-0.25, -0.2) is 5.01 Å². The Bertz CT molecular complexity index is 543. The number of hydrogen-bond donors (Lipinski definition) is 0. The van der Waals surface area contributed by atoms with Crippen LogP contribution in [0.3, 0.4) is 0 Å². The Labute approximate surface area is 145 Å². The molecule has 0 aromatic heterocycles. The lowest BCUT2D eigenvalue weighted by atomic mass is 10.0. The molecule has 4 heteroatoms. The van der Waals surface area contributed by atoms with E-state index in [4.69, 9.17) is 4.74 Å². The van der Waals surface area contributed by atoms with Gasteiger partial charge in [-0.1, -0.05) is 58.6 Å². The third-order valence-corrected chi connectivity index (χ3v) is 4.52. The highest BCUT2D eigenvalue weighted by Gasteiger charge is 2.28. The zero-order chi connectivity index (χ0) is 17.4. The van der Waals surface area contributed by atoms with Gasteiger partial charge in [-0.2, -0.15) is 0 Å². The van der Waals surface area contributed by atoms with E-state index in [0.29, 0.717) is 5.90 Å². The van der Waals surface area contributed by atoms with Crippen molar-refractivity contribution in [3.05, 3.63) is 35.4 Å². The van der Waals surface area contributed by atoms with Crippen molar-refractivity contribution in [2.45, 2.75) is 71.8 Å². The maximum Gasteiger partial charge on any atom is 0.280 e. The summed E-state index contributed by atoms with van der Waals surface area (Å²) in [7, 11) is 0. The van der Waals surface area contributed by atoms with E-state index in [1.54, 1.807) is 5.01 Å². The average Bonchev–Trinajstić information content (AvgIpc) is 2.63. The average molecular weight is 330 g/mol. The molecule has 1 aliphatic heterocycles. The van der Waals surface area contributed by atoms with Crippen LogP contribution >= 0.6 is 0 Å². The Morgan fingerprint density at radius 2 is 1.71 bits per heavy atom. The Hall–Kier alpha value is -1.84. The second kappa shape index (κ2) is 9.45. The van der Waals surface area contributed by atoms with Gasteiger partial charge in [0, 0.05) is 5.56 Å². The van der Waals surface area contributed by atoms with Crippen LogP contribution in [-0.4, -0.2) is 29.5 Å². The van der Waals surface area contributed by atoms with Crippen LogP contribution in [0.15, 0.2) is 29.4 Å². The van der Waals surface area contributed by atoms with Crippen molar-refractivity contribution in [2.75, 3.05) is 6.61 Å². The van der Waals surface area contributed by atoms with E-state index < -0.39 is 0 Å². The molecular weight excluding hydrogens is 300 g/mol. The molecule has 1 heterocycles. The fraction of sp³-hybridized carbons (Fsp3) is 0.600. The second-order valence-corrected chi connectivity index (χ2v) is 6.42. The molecule has 0 saturated heterocycles. The molecule has 0 fully saturated rings. The summed E-state index contributed by atoms with van der Waals surface area (Å²) in [6, 6.07) is 8.42. The van der Waals surface area contributed by atoms with Gasteiger partial charge in [0.1, 0.15) is 0 Å². The van der Waals surface area contributed by atoms with Gasteiger partial charge in [-0.05, 0) is 37.0 Å². The largest absolute Gasteiger partial charge is 0.466 e. The van der Waals surface area contributed by atoms with Gasteiger partial charge in [0.2, 0.25) is 5.90 Å². The molecule has 0 bridgehead atoms. The van der Waals surface area contributed by atoms with Crippen LogP contribution in [0, 0.1) is 0 Å². The standard InChI is InChI=1S/C20H30N2O2/c1-4-7-9-18(10-8-5-2)22-19(23)15-24-20(21-22)17-13-11-16(6-3)12-14-17/h11-14,18H,4-10,15H2,1-3H3. The summed E-state index contributed by atoms with van der Waals surface area (Å²) >= 11 is 0. The molecule has 132 valence electrons. The number of carbonyl (C=O) groups excluding carboxylic acids is 1. The second-order valence-electron chi connectivity index (χ2n) is 6.42. The molecule has 1 aromatic carbocycles. The van der Waals surface area contributed by atoms with Gasteiger partial charge in [-0.15, -0.1) is 5.10 Å². The fourth-order valence-electron chi connectivity index (χ4n) is 2.96. The summed E-state index contributed by atoms with van der Waals surface area (Å²) in [5.41, 5.74) is 2.22. The number of hydrogen-bond acceptors (Lipinski definition) is 3. The van der Waals surface area contributed by atoms with Crippen molar-refractivity contribution >= 4 is 11.8 Å². The lowest BCUT2D eigenvalue weighted by molar-refractivity contribution is -0.138. The van der Waals surface area contributed by atoms with Gasteiger partial charge < -0.3 is 4.74 Å². The minimum atomic E-state index is -0.0267. The topological polar surface area (TPSA) is 41.9 Å². The monoisotopic (exact) mass is 330 g/mol. The first-order chi connectivity index (χ1) is 11.7. The number of unbranched alkanes of at least 4 members (excludes halogenated alkanes) is 2.